The first-order valence-corrected chi connectivity index (χ1v) is 10.3. The minimum absolute atomic E-state index is 0.0445. The molecule has 0 bridgehead atoms. The molecule has 0 radical (unpaired) electrons. The van der Waals surface area contributed by atoms with E-state index in [2.05, 4.69) is 15.8 Å². The Balaban J connectivity index is 1.51. The van der Waals surface area contributed by atoms with E-state index in [1.165, 1.54) is 0 Å². The second-order valence-electron chi connectivity index (χ2n) is 7.11. The predicted molar refractivity (Wildman–Crippen MR) is 123 cm³/mol. The number of nitrogens with one attached hydrogen (secondary N) is 2. The number of ether oxygens (including phenoxy) is 1. The van der Waals surface area contributed by atoms with Gasteiger partial charge in [-0.3, -0.25) is 9.59 Å². The lowest BCUT2D eigenvalue weighted by molar-refractivity contribution is -0.137. The summed E-state index contributed by atoms with van der Waals surface area (Å²) < 4.78 is 43.5. The zero-order chi connectivity index (χ0) is 24.7. The van der Waals surface area contributed by atoms with Crippen LogP contribution in [-0.4, -0.2) is 17.5 Å². The van der Waals surface area contributed by atoms with Gasteiger partial charge in [-0.05, 0) is 78.7 Å². The summed E-state index contributed by atoms with van der Waals surface area (Å²) in [6.07, 6.45) is -4.49. The third-order valence-electron chi connectivity index (χ3n) is 4.59. The number of hydrogen-bond acceptors (Lipinski definition) is 4. The Bertz CT molecular complexity index is 1180. The highest BCUT2D eigenvalue weighted by atomic mass is 35.5. The van der Waals surface area contributed by atoms with E-state index in [0.717, 1.165) is 29.8 Å². The van der Waals surface area contributed by atoms with Gasteiger partial charge in [0.25, 0.3) is 0 Å². The maximum atomic E-state index is 12.6. The van der Waals surface area contributed by atoms with Crippen molar-refractivity contribution in [2.75, 3.05) is 5.32 Å². The Kier molecular flexibility index (Phi) is 7.91. The lowest BCUT2D eigenvalue weighted by Crippen LogP contribution is -2.32. The summed E-state index contributed by atoms with van der Waals surface area (Å²) in [7, 11) is 0. The summed E-state index contributed by atoms with van der Waals surface area (Å²) in [4.78, 5) is 23.9. The van der Waals surface area contributed by atoms with E-state index in [-0.39, 0.29) is 5.69 Å². The molecule has 0 unspecified atom stereocenters. The highest BCUT2D eigenvalue weighted by Gasteiger charge is 2.30. The fourth-order valence-electron chi connectivity index (χ4n) is 2.72. The molecule has 0 aliphatic heterocycles. The third kappa shape index (κ3) is 7.08. The maximum Gasteiger partial charge on any atom is 0.416 e. The van der Waals surface area contributed by atoms with Crippen molar-refractivity contribution in [1.82, 2.24) is 5.43 Å². The van der Waals surface area contributed by atoms with Crippen LogP contribution in [0.25, 0.3) is 0 Å². The summed E-state index contributed by atoms with van der Waals surface area (Å²) in [6.45, 7) is 2.01. The number of hydrogen-bond donors (Lipinski definition) is 2. The molecule has 0 aliphatic carbocycles. The van der Waals surface area contributed by atoms with Gasteiger partial charge in [0.15, 0.2) is 0 Å². The SMILES string of the molecule is CC(=NNC(=O)C(=O)Nc1ccc(C(F)(F)F)cc1)c1ccc(OCc2ccc(Cl)cc2)cc1. The number of nitrogens with zero attached hydrogens (tertiary/aromatic N) is 1. The van der Waals surface area contributed by atoms with E-state index in [1.807, 2.05) is 12.1 Å². The van der Waals surface area contributed by atoms with Gasteiger partial charge in [0.2, 0.25) is 0 Å². The highest BCUT2D eigenvalue weighted by molar-refractivity contribution is 6.39. The number of carbonyl (C=O) groups excluding carboxylic acids is 2. The molecule has 0 aliphatic rings. The number of anilines is 1. The first-order valence-electron chi connectivity index (χ1n) is 9.92. The van der Waals surface area contributed by atoms with Crippen molar-refractivity contribution in [2.45, 2.75) is 19.7 Å². The van der Waals surface area contributed by atoms with Crippen LogP contribution in [0.2, 0.25) is 5.02 Å². The Labute approximate surface area is 198 Å². The molecule has 2 amide bonds. The number of hydrazone groups is 1. The Morgan fingerprint density at radius 2 is 1.53 bits per heavy atom. The molecule has 3 rings (SSSR count). The van der Waals surface area contributed by atoms with Gasteiger partial charge in [-0.1, -0.05) is 23.7 Å². The van der Waals surface area contributed by atoms with Gasteiger partial charge < -0.3 is 10.1 Å². The molecule has 0 atom stereocenters. The molecule has 0 aromatic heterocycles. The zero-order valence-corrected chi connectivity index (χ0v) is 18.6. The largest absolute Gasteiger partial charge is 0.489 e. The molecular formula is C24H19ClF3N3O3. The second-order valence-corrected chi connectivity index (χ2v) is 7.54. The summed E-state index contributed by atoms with van der Waals surface area (Å²) in [5.74, 6) is -1.50. The van der Waals surface area contributed by atoms with Gasteiger partial charge >= 0.3 is 18.0 Å². The monoisotopic (exact) mass is 489 g/mol. The average Bonchev–Trinajstić information content (AvgIpc) is 2.82. The van der Waals surface area contributed by atoms with Crippen molar-refractivity contribution in [3.8, 4) is 5.75 Å². The molecule has 3 aromatic rings. The summed E-state index contributed by atoms with van der Waals surface area (Å²) >= 11 is 5.86. The molecule has 0 saturated carbocycles. The second kappa shape index (κ2) is 10.8. The summed E-state index contributed by atoms with van der Waals surface area (Å²) in [5.41, 5.74) is 3.37. The summed E-state index contributed by atoms with van der Waals surface area (Å²) in [5, 5.41) is 6.74. The van der Waals surface area contributed by atoms with Gasteiger partial charge in [0, 0.05) is 10.7 Å². The number of alkyl halides is 3. The number of amides is 2. The van der Waals surface area contributed by atoms with Crippen LogP contribution in [0.3, 0.4) is 0 Å². The smallest absolute Gasteiger partial charge is 0.416 e. The van der Waals surface area contributed by atoms with Crippen molar-refractivity contribution in [3.05, 3.63) is 94.5 Å². The van der Waals surface area contributed by atoms with Crippen molar-refractivity contribution in [1.29, 1.82) is 0 Å². The standard InChI is InChI=1S/C24H19ClF3N3O3/c1-15(17-4-12-21(13-5-17)34-14-16-2-8-19(25)9-3-16)30-31-23(33)22(32)29-20-10-6-18(7-11-20)24(26,27)28/h2-13H,14H2,1H3,(H,29,32)(H,31,33). The van der Waals surface area contributed by atoms with Crippen LogP contribution in [-0.2, 0) is 22.4 Å². The first kappa shape index (κ1) is 24.8. The van der Waals surface area contributed by atoms with E-state index in [4.69, 9.17) is 16.3 Å². The molecule has 0 spiro atoms. The number of carbonyl (C=O) groups is 2. The predicted octanol–water partition coefficient (Wildman–Crippen LogP) is 5.42. The Morgan fingerprint density at radius 1 is 0.912 bits per heavy atom. The normalized spacial score (nSPS) is 11.6. The molecule has 0 saturated heterocycles. The van der Waals surface area contributed by atoms with E-state index in [9.17, 15) is 22.8 Å². The highest BCUT2D eigenvalue weighted by Crippen LogP contribution is 2.29. The number of rotatable bonds is 6. The fourth-order valence-corrected chi connectivity index (χ4v) is 2.85. The average molecular weight is 490 g/mol. The van der Waals surface area contributed by atoms with Gasteiger partial charge in [-0.15, -0.1) is 0 Å². The van der Waals surface area contributed by atoms with Crippen molar-refractivity contribution < 1.29 is 27.5 Å². The zero-order valence-electron chi connectivity index (χ0n) is 17.8. The van der Waals surface area contributed by atoms with Crippen LogP contribution in [0, 0.1) is 0 Å². The van der Waals surface area contributed by atoms with Crippen LogP contribution < -0.4 is 15.5 Å². The van der Waals surface area contributed by atoms with Crippen molar-refractivity contribution in [3.63, 3.8) is 0 Å². The molecule has 10 heteroatoms. The van der Waals surface area contributed by atoms with Crippen LogP contribution in [0.5, 0.6) is 5.75 Å². The molecule has 2 N–H and O–H groups in total. The van der Waals surface area contributed by atoms with Gasteiger partial charge in [0.1, 0.15) is 12.4 Å². The molecule has 6 nitrogen and oxygen atoms in total. The Hall–Kier alpha value is -3.85. The molecule has 3 aromatic carbocycles. The van der Waals surface area contributed by atoms with Gasteiger partial charge in [0.05, 0.1) is 11.3 Å². The van der Waals surface area contributed by atoms with E-state index in [1.54, 1.807) is 43.3 Å². The van der Waals surface area contributed by atoms with Gasteiger partial charge in [-0.25, -0.2) is 5.43 Å². The van der Waals surface area contributed by atoms with E-state index in [0.29, 0.717) is 28.7 Å². The maximum absolute atomic E-state index is 12.6. The molecule has 0 heterocycles. The molecular weight excluding hydrogens is 471 g/mol. The lowest BCUT2D eigenvalue weighted by Gasteiger charge is -2.09. The van der Waals surface area contributed by atoms with Crippen LogP contribution >= 0.6 is 11.6 Å². The van der Waals surface area contributed by atoms with E-state index >= 15 is 0 Å². The fraction of sp³-hybridized carbons (Fsp3) is 0.125. The van der Waals surface area contributed by atoms with Crippen molar-refractivity contribution >= 4 is 34.8 Å². The topological polar surface area (TPSA) is 79.8 Å². The minimum atomic E-state index is -4.49. The Morgan fingerprint density at radius 3 is 2.12 bits per heavy atom. The van der Waals surface area contributed by atoms with Crippen LogP contribution in [0.15, 0.2) is 77.9 Å². The lowest BCUT2D eigenvalue weighted by atomic mass is 10.1. The number of benzene rings is 3. The van der Waals surface area contributed by atoms with Crippen molar-refractivity contribution in [2.24, 2.45) is 5.10 Å². The quantitative estimate of drug-likeness (QED) is 0.276. The first-order chi connectivity index (χ1) is 16.1. The minimum Gasteiger partial charge on any atom is -0.489 e. The van der Waals surface area contributed by atoms with E-state index < -0.39 is 23.6 Å². The number of halogens is 4. The molecule has 34 heavy (non-hydrogen) atoms. The third-order valence-corrected chi connectivity index (χ3v) is 4.84. The summed E-state index contributed by atoms with van der Waals surface area (Å²) in [6, 6.07) is 18.0. The van der Waals surface area contributed by atoms with Gasteiger partial charge in [-0.2, -0.15) is 18.3 Å². The van der Waals surface area contributed by atoms with Crippen LogP contribution in [0.4, 0.5) is 18.9 Å². The molecule has 176 valence electrons. The van der Waals surface area contributed by atoms with Crippen LogP contribution in [0.1, 0.15) is 23.6 Å². The molecule has 0 fully saturated rings.